The molecular weight excluding hydrogens is 354 g/mol. The van der Waals surface area contributed by atoms with Gasteiger partial charge in [0.1, 0.15) is 0 Å². The smallest absolute Gasteiger partial charge is 0.231 e. The molecule has 3 fully saturated rings. The minimum atomic E-state index is 0.340. The van der Waals surface area contributed by atoms with Crippen molar-refractivity contribution in [2.45, 2.75) is 57.3 Å². The lowest BCUT2D eigenvalue weighted by Gasteiger charge is -2.37. The first-order chi connectivity index (χ1) is 13.7. The van der Waals surface area contributed by atoms with E-state index in [4.69, 9.17) is 14.2 Å². The van der Waals surface area contributed by atoms with E-state index in [9.17, 15) is 0 Å². The molecule has 28 heavy (non-hydrogen) atoms. The number of piperidine rings is 1. The van der Waals surface area contributed by atoms with Gasteiger partial charge in [0.05, 0.1) is 12.7 Å². The zero-order valence-electron chi connectivity index (χ0n) is 17.1. The molecule has 1 aromatic rings. The first kappa shape index (κ1) is 18.5. The van der Waals surface area contributed by atoms with E-state index in [1.54, 1.807) is 0 Å². The van der Waals surface area contributed by atoms with Gasteiger partial charge in [-0.25, -0.2) is 0 Å². The molecule has 0 amide bonds. The summed E-state index contributed by atoms with van der Waals surface area (Å²) in [6, 6.07) is 8.15. The molecule has 0 unspecified atom stereocenters. The van der Waals surface area contributed by atoms with Crippen LogP contribution in [0, 0.1) is 5.92 Å². The first-order valence-corrected chi connectivity index (χ1v) is 10.9. The Morgan fingerprint density at radius 2 is 1.86 bits per heavy atom. The van der Waals surface area contributed by atoms with Crippen molar-refractivity contribution in [2.75, 3.05) is 44.5 Å². The molecule has 0 aromatic heterocycles. The van der Waals surface area contributed by atoms with Crippen LogP contribution < -0.4 is 19.7 Å². The summed E-state index contributed by atoms with van der Waals surface area (Å²) in [5.74, 6) is 2.34. The summed E-state index contributed by atoms with van der Waals surface area (Å²) in [6.07, 6.45) is 4.02. The van der Waals surface area contributed by atoms with Crippen molar-refractivity contribution in [2.24, 2.45) is 5.92 Å². The molecule has 5 rings (SSSR count). The maximum Gasteiger partial charge on any atom is 0.231 e. The van der Waals surface area contributed by atoms with Crippen LogP contribution in [0.1, 0.15) is 33.1 Å². The number of anilines is 1. The fourth-order valence-electron chi connectivity index (χ4n) is 5.14. The van der Waals surface area contributed by atoms with Crippen molar-refractivity contribution in [3.63, 3.8) is 0 Å². The van der Waals surface area contributed by atoms with Crippen LogP contribution in [0.5, 0.6) is 11.5 Å². The second-order valence-electron chi connectivity index (χ2n) is 9.12. The fourth-order valence-corrected chi connectivity index (χ4v) is 5.14. The topological polar surface area (TPSA) is 46.2 Å². The van der Waals surface area contributed by atoms with Crippen molar-refractivity contribution in [1.82, 2.24) is 10.2 Å². The number of benzene rings is 1. The monoisotopic (exact) mass is 387 g/mol. The van der Waals surface area contributed by atoms with E-state index in [1.807, 2.05) is 6.07 Å². The molecule has 6 heteroatoms. The number of ether oxygens (including phenoxy) is 3. The van der Waals surface area contributed by atoms with Crippen LogP contribution in [0.3, 0.4) is 0 Å². The molecule has 0 saturated carbocycles. The minimum Gasteiger partial charge on any atom is -0.454 e. The van der Waals surface area contributed by atoms with E-state index in [1.165, 1.54) is 31.5 Å². The van der Waals surface area contributed by atoms with Gasteiger partial charge in [0.15, 0.2) is 11.5 Å². The maximum atomic E-state index is 6.09. The molecule has 6 nitrogen and oxygen atoms in total. The van der Waals surface area contributed by atoms with Crippen molar-refractivity contribution in [1.29, 1.82) is 0 Å². The van der Waals surface area contributed by atoms with E-state index >= 15 is 0 Å². The SMILES string of the molecule is CC(C)[C@@H]1CN2C[C@@H](NC3CCN(c4ccc5c(c4)OCO5)CC3)C[C@H]2CO1. The molecule has 3 saturated heterocycles. The summed E-state index contributed by atoms with van der Waals surface area (Å²) in [5, 5.41) is 3.96. The number of hydrogen-bond donors (Lipinski definition) is 1. The Kier molecular flexibility index (Phi) is 5.11. The quantitative estimate of drug-likeness (QED) is 0.856. The zero-order valence-corrected chi connectivity index (χ0v) is 17.1. The van der Waals surface area contributed by atoms with Gasteiger partial charge in [-0.1, -0.05) is 13.8 Å². The summed E-state index contributed by atoms with van der Waals surface area (Å²) in [6.45, 7) is 10.3. The lowest BCUT2D eigenvalue weighted by Crippen LogP contribution is -2.49. The number of nitrogens with one attached hydrogen (secondary N) is 1. The van der Waals surface area contributed by atoms with Crippen molar-refractivity contribution >= 4 is 5.69 Å². The Bertz CT molecular complexity index is 690. The second kappa shape index (κ2) is 7.73. The summed E-state index contributed by atoms with van der Waals surface area (Å²) in [4.78, 5) is 5.13. The largest absolute Gasteiger partial charge is 0.454 e. The third-order valence-corrected chi connectivity index (χ3v) is 6.88. The first-order valence-electron chi connectivity index (χ1n) is 10.9. The van der Waals surface area contributed by atoms with E-state index in [0.29, 0.717) is 36.9 Å². The Balaban J connectivity index is 1.11. The normalized spacial score (nSPS) is 30.8. The average Bonchev–Trinajstić information content (AvgIpc) is 3.33. The second-order valence-corrected chi connectivity index (χ2v) is 9.12. The van der Waals surface area contributed by atoms with Crippen molar-refractivity contribution in [3.05, 3.63) is 18.2 Å². The average molecular weight is 388 g/mol. The molecule has 0 spiro atoms. The Labute approximate surface area is 168 Å². The number of rotatable bonds is 4. The lowest BCUT2D eigenvalue weighted by atomic mass is 10.0. The molecule has 4 aliphatic heterocycles. The highest BCUT2D eigenvalue weighted by atomic mass is 16.7. The van der Waals surface area contributed by atoms with Crippen molar-refractivity contribution in [3.8, 4) is 11.5 Å². The van der Waals surface area contributed by atoms with Gasteiger partial charge in [-0.3, -0.25) is 4.90 Å². The highest BCUT2D eigenvalue weighted by Gasteiger charge is 2.38. The van der Waals surface area contributed by atoms with Crippen LogP contribution >= 0.6 is 0 Å². The molecule has 3 atom stereocenters. The van der Waals surface area contributed by atoms with Gasteiger partial charge in [0.2, 0.25) is 6.79 Å². The predicted octanol–water partition coefficient (Wildman–Crippen LogP) is 2.47. The predicted molar refractivity (Wildman–Crippen MR) is 109 cm³/mol. The number of nitrogens with zero attached hydrogens (tertiary/aromatic N) is 2. The van der Waals surface area contributed by atoms with Gasteiger partial charge in [-0.05, 0) is 37.3 Å². The molecule has 4 heterocycles. The van der Waals surface area contributed by atoms with Crippen LogP contribution in [0.2, 0.25) is 0 Å². The summed E-state index contributed by atoms with van der Waals surface area (Å²) in [5.41, 5.74) is 1.25. The molecular formula is C22H33N3O3. The van der Waals surface area contributed by atoms with Crippen LogP contribution in [-0.2, 0) is 4.74 Å². The molecule has 0 aliphatic carbocycles. The highest BCUT2D eigenvalue weighted by molar-refractivity contribution is 5.57. The zero-order chi connectivity index (χ0) is 19.1. The van der Waals surface area contributed by atoms with E-state index < -0.39 is 0 Å². The van der Waals surface area contributed by atoms with E-state index in [0.717, 1.165) is 37.7 Å². The third kappa shape index (κ3) is 3.70. The van der Waals surface area contributed by atoms with Crippen LogP contribution in [-0.4, -0.2) is 68.7 Å². The molecule has 4 aliphatic rings. The highest BCUT2D eigenvalue weighted by Crippen LogP contribution is 2.36. The fraction of sp³-hybridized carbons (Fsp3) is 0.727. The molecule has 0 radical (unpaired) electrons. The number of hydrogen-bond acceptors (Lipinski definition) is 6. The Hall–Kier alpha value is -1.50. The third-order valence-electron chi connectivity index (χ3n) is 6.88. The number of morpholine rings is 1. The van der Waals surface area contributed by atoms with Crippen molar-refractivity contribution < 1.29 is 14.2 Å². The van der Waals surface area contributed by atoms with Gasteiger partial charge in [-0.2, -0.15) is 0 Å². The van der Waals surface area contributed by atoms with Crippen LogP contribution in [0.4, 0.5) is 5.69 Å². The number of fused-ring (bicyclic) bond motifs is 2. The maximum absolute atomic E-state index is 6.09. The van der Waals surface area contributed by atoms with Gasteiger partial charge in [0, 0.05) is 56.1 Å². The van der Waals surface area contributed by atoms with Gasteiger partial charge >= 0.3 is 0 Å². The Morgan fingerprint density at radius 1 is 1.04 bits per heavy atom. The molecule has 0 bridgehead atoms. The van der Waals surface area contributed by atoms with Gasteiger partial charge < -0.3 is 24.4 Å². The van der Waals surface area contributed by atoms with Crippen LogP contribution in [0.15, 0.2) is 18.2 Å². The van der Waals surface area contributed by atoms with E-state index in [-0.39, 0.29) is 0 Å². The van der Waals surface area contributed by atoms with Gasteiger partial charge in [0.25, 0.3) is 0 Å². The van der Waals surface area contributed by atoms with Gasteiger partial charge in [-0.15, -0.1) is 0 Å². The summed E-state index contributed by atoms with van der Waals surface area (Å²) >= 11 is 0. The Morgan fingerprint density at radius 3 is 2.68 bits per heavy atom. The summed E-state index contributed by atoms with van der Waals surface area (Å²) < 4.78 is 17.1. The molecule has 1 N–H and O–H groups in total. The molecule has 154 valence electrons. The van der Waals surface area contributed by atoms with E-state index in [2.05, 4.69) is 41.1 Å². The molecule has 1 aromatic carbocycles. The van der Waals surface area contributed by atoms with Crippen LogP contribution in [0.25, 0.3) is 0 Å². The lowest BCUT2D eigenvalue weighted by molar-refractivity contribution is -0.0683. The minimum absolute atomic E-state index is 0.340. The standard InChI is InChI=1S/C22H33N3O3/c1-15(2)22-12-25-11-17(9-19(25)13-26-22)23-16-5-7-24(8-6-16)18-3-4-20-21(10-18)28-14-27-20/h3-4,10,15-17,19,22-23H,5-9,11-14H2,1-2H3/t17-,19-,22-/m0/s1. The summed E-state index contributed by atoms with van der Waals surface area (Å²) in [7, 11) is 0.